The number of piperidine rings is 3. The molecule has 2 bridgehead atoms. The van der Waals surface area contributed by atoms with Crippen molar-refractivity contribution in [2.75, 3.05) is 20.2 Å². The molecule has 9 aromatic rings. The van der Waals surface area contributed by atoms with E-state index in [0.717, 1.165) is 75.7 Å². The molecule has 101 heavy (non-hydrogen) atoms. The molecule has 3 saturated heterocycles. The van der Waals surface area contributed by atoms with Gasteiger partial charge in [0, 0.05) is 29.7 Å². The van der Waals surface area contributed by atoms with Crippen molar-refractivity contribution in [3.63, 3.8) is 0 Å². The summed E-state index contributed by atoms with van der Waals surface area (Å²) < 4.78 is 5.94. The number of hydrogen-bond acceptors (Lipinski definition) is 4. The summed E-state index contributed by atoms with van der Waals surface area (Å²) in [6, 6.07) is 61.3. The fourth-order valence-electron chi connectivity index (χ4n) is 15.2. The third-order valence-electron chi connectivity index (χ3n) is 22.2. The molecule has 6 heteroatoms. The van der Waals surface area contributed by atoms with Gasteiger partial charge in [0.25, 0.3) is 5.91 Å². The van der Waals surface area contributed by atoms with Crippen LogP contribution in [0.3, 0.4) is 0 Å². The van der Waals surface area contributed by atoms with Crippen LogP contribution in [0.15, 0.2) is 164 Å². The summed E-state index contributed by atoms with van der Waals surface area (Å²) in [5.41, 5.74) is 21.5. The van der Waals surface area contributed by atoms with E-state index in [4.69, 9.17) is 9.72 Å². The number of carbonyl (C=O) groups excluding carboxylic acids is 1. The average molecular weight is 1370 g/mol. The Morgan fingerprint density at radius 2 is 0.842 bits per heavy atom. The minimum atomic E-state index is -1.61. The largest absolute Gasteiger partial charge is 0.497 e. The highest BCUT2D eigenvalue weighted by atomic mass is 31.1. The quantitative estimate of drug-likeness (QED) is 0.117. The van der Waals surface area contributed by atoms with Crippen LogP contribution in [-0.4, -0.2) is 42.0 Å². The van der Waals surface area contributed by atoms with E-state index in [1.54, 1.807) is 7.11 Å². The van der Waals surface area contributed by atoms with Gasteiger partial charge in [-0.1, -0.05) is 271 Å². The molecule has 1 aromatic heterocycles. The van der Waals surface area contributed by atoms with Crippen molar-refractivity contribution >= 4 is 40.6 Å². The first-order chi connectivity index (χ1) is 46.8. The molecule has 0 radical (unpaired) electrons. The van der Waals surface area contributed by atoms with Crippen LogP contribution in [-0.2, 0) is 43.3 Å². The molecule has 0 saturated carbocycles. The van der Waals surface area contributed by atoms with E-state index in [1.807, 2.05) is 12.3 Å². The first-order valence-corrected chi connectivity index (χ1v) is 39.0. The Balaban J connectivity index is 1.28. The van der Waals surface area contributed by atoms with Gasteiger partial charge in [-0.2, -0.15) is 0 Å². The summed E-state index contributed by atoms with van der Waals surface area (Å²) in [7, 11) is 0.125. The van der Waals surface area contributed by atoms with Gasteiger partial charge in [-0.15, -0.1) is 0 Å². The number of amides is 1. The normalized spacial score (nSPS) is 17.6. The second-order valence-electron chi connectivity index (χ2n) is 38.3. The van der Waals surface area contributed by atoms with Crippen molar-refractivity contribution in [3.8, 4) is 50.3 Å². The van der Waals surface area contributed by atoms with Gasteiger partial charge in [0.05, 0.1) is 18.7 Å². The number of hydrogen-bond donors (Lipinski definition) is 1. The highest BCUT2D eigenvalue weighted by molar-refractivity contribution is 7.80. The van der Waals surface area contributed by atoms with Gasteiger partial charge in [0.15, 0.2) is 0 Å². The van der Waals surface area contributed by atoms with Gasteiger partial charge in [-0.05, 0) is 260 Å². The van der Waals surface area contributed by atoms with Crippen LogP contribution in [0.25, 0.3) is 55.4 Å². The number of fused-ring (bicyclic) bond motifs is 4. The lowest BCUT2D eigenvalue weighted by molar-refractivity contribution is -0.0152. The maximum Gasteiger partial charge on any atom is 0.252 e. The van der Waals surface area contributed by atoms with E-state index in [1.165, 1.54) is 83.8 Å². The van der Waals surface area contributed by atoms with Crippen LogP contribution in [0.5, 0.6) is 5.75 Å². The molecule has 1 N–H and O–H groups in total. The molecule has 12 rings (SSSR count). The Bertz CT molecular complexity index is 4050. The highest BCUT2D eigenvalue weighted by Crippen LogP contribution is 2.48. The number of ether oxygens (including phenoxy) is 1. The molecule has 5 atom stereocenters. The zero-order valence-electron chi connectivity index (χ0n) is 66.6. The standard InChI is InChI=1S/C95H120N3O2P/c1-27-59-58-98-37-35-60(59)52-84(98)86(80-34-36-96-83-33-32-77(100-26)57-82(80)83)97-87(99)81-30-28-29-31-85(81)101(78-48-61(65-40-69(88(2,3)4)53-70(41-65)89(5,6)7)38-62(49-78)66-42-71(90(8,9)10)54-72(43-66)91(11,12)13)79-50-63(67-44-73(92(14,15)16)55-74(45-67)93(17,18)19)39-64(51-79)68-46-75(94(20,21)22)56-76(47-68)95(23,24)25/h28-34,36,38-51,53-57,59-60,84,86H,27,35,37,52,58H2,1-26H3,(H,97,99)/t59?,60-,84+,86?/m1/s1. The predicted molar refractivity (Wildman–Crippen MR) is 437 cm³/mol. The minimum absolute atomic E-state index is 0.0748. The summed E-state index contributed by atoms with van der Waals surface area (Å²) in [6.45, 7) is 60.7. The van der Waals surface area contributed by atoms with E-state index >= 15 is 4.79 Å². The molecule has 3 unspecified atom stereocenters. The van der Waals surface area contributed by atoms with Crippen molar-refractivity contribution in [1.29, 1.82) is 0 Å². The van der Waals surface area contributed by atoms with Crippen LogP contribution in [0.2, 0.25) is 0 Å². The summed E-state index contributed by atoms with van der Waals surface area (Å²) in [4.78, 5) is 24.5. The van der Waals surface area contributed by atoms with Gasteiger partial charge < -0.3 is 10.1 Å². The SMILES string of the molecule is CCC1CN2CC[C@@H]1C[C@H]2C(NC(=O)c1ccccc1P(c1cc(-c2cc(C(C)(C)C)cc(C(C)(C)C)c2)cc(-c2cc(C(C)(C)C)cc(C(C)(C)C)c2)c1)c1cc(-c2cc(C(C)(C)C)cc(C(C)(C)C)c2)cc(-c2cc(C(C)(C)C)cc(C(C)(C)C)c2)c1)c1ccnc2ccc(OC)cc12. The molecule has 3 aliphatic heterocycles. The number of rotatable bonds is 13. The topological polar surface area (TPSA) is 54.5 Å². The molecule has 0 aliphatic carbocycles. The van der Waals surface area contributed by atoms with Crippen molar-refractivity contribution < 1.29 is 9.53 Å². The smallest absolute Gasteiger partial charge is 0.252 e. The zero-order chi connectivity index (χ0) is 73.6. The maximum atomic E-state index is 16.9. The van der Waals surface area contributed by atoms with E-state index < -0.39 is 7.92 Å². The van der Waals surface area contributed by atoms with Crippen LogP contribution in [0.1, 0.15) is 259 Å². The first kappa shape index (κ1) is 75.0. The van der Waals surface area contributed by atoms with Crippen LogP contribution in [0, 0.1) is 11.8 Å². The second-order valence-corrected chi connectivity index (χ2v) is 40.5. The Morgan fingerprint density at radius 1 is 0.475 bits per heavy atom. The fourth-order valence-corrected chi connectivity index (χ4v) is 17.8. The van der Waals surface area contributed by atoms with Gasteiger partial charge >= 0.3 is 0 Å². The molecule has 3 aliphatic rings. The lowest BCUT2D eigenvalue weighted by Gasteiger charge is -2.52. The number of nitrogens with one attached hydrogen (secondary N) is 1. The Hall–Kier alpha value is -7.17. The molecule has 532 valence electrons. The molecule has 3 fully saturated rings. The summed E-state index contributed by atoms with van der Waals surface area (Å²) >= 11 is 0. The van der Waals surface area contributed by atoms with Crippen molar-refractivity contribution in [2.24, 2.45) is 11.8 Å². The Kier molecular flexibility index (Phi) is 20.4. The Labute approximate surface area is 611 Å². The Morgan fingerprint density at radius 3 is 1.18 bits per heavy atom. The fraction of sp³-hybridized carbons (Fsp3) is 0.453. The lowest BCUT2D eigenvalue weighted by Crippen LogP contribution is -2.57. The molecule has 4 heterocycles. The average Bonchev–Trinajstić information content (AvgIpc) is 0.756. The number of carbonyl (C=O) groups is 1. The molecular formula is C95H120N3O2P. The van der Waals surface area contributed by atoms with Gasteiger partial charge in [-0.25, -0.2) is 0 Å². The van der Waals surface area contributed by atoms with Crippen LogP contribution < -0.4 is 26.0 Å². The number of benzene rings is 8. The van der Waals surface area contributed by atoms with Crippen molar-refractivity contribution in [2.45, 2.75) is 248 Å². The second kappa shape index (κ2) is 27.5. The van der Waals surface area contributed by atoms with E-state index in [9.17, 15) is 0 Å². The number of nitrogens with zero attached hydrogens (tertiary/aromatic N) is 2. The zero-order valence-corrected chi connectivity index (χ0v) is 67.5. The summed E-state index contributed by atoms with van der Waals surface area (Å²) in [5, 5.41) is 8.30. The maximum absolute atomic E-state index is 16.9. The third-order valence-corrected chi connectivity index (χ3v) is 24.6. The first-order valence-electron chi connectivity index (χ1n) is 37.7. The summed E-state index contributed by atoms with van der Waals surface area (Å²) in [6.07, 6.45) is 5.28. The van der Waals surface area contributed by atoms with E-state index in [-0.39, 0.29) is 61.3 Å². The minimum Gasteiger partial charge on any atom is -0.497 e. The molecule has 5 nitrogen and oxygen atoms in total. The highest BCUT2D eigenvalue weighted by Gasteiger charge is 2.44. The number of aromatic nitrogens is 1. The van der Waals surface area contributed by atoms with Gasteiger partial charge in [0.2, 0.25) is 0 Å². The molecular weight excluding hydrogens is 1250 g/mol. The van der Waals surface area contributed by atoms with E-state index in [2.05, 4.69) is 335 Å². The van der Waals surface area contributed by atoms with Gasteiger partial charge in [0.1, 0.15) is 5.75 Å². The molecule has 0 spiro atoms. The lowest BCUT2D eigenvalue weighted by atomic mass is 9.72. The summed E-state index contributed by atoms with van der Waals surface area (Å²) in [5.74, 6) is 1.91. The number of pyridine rings is 1. The van der Waals surface area contributed by atoms with E-state index in [0.29, 0.717) is 17.4 Å². The predicted octanol–water partition coefficient (Wildman–Crippen LogP) is 23.6. The van der Waals surface area contributed by atoms with Crippen LogP contribution >= 0.6 is 7.92 Å². The van der Waals surface area contributed by atoms with Crippen LogP contribution in [0.4, 0.5) is 0 Å². The van der Waals surface area contributed by atoms with Crippen molar-refractivity contribution in [1.82, 2.24) is 15.2 Å². The molecule has 1 amide bonds. The third kappa shape index (κ3) is 16.4. The monoisotopic (exact) mass is 1370 g/mol. The molecule has 8 aromatic carbocycles. The number of methoxy groups -OCH3 is 1. The van der Waals surface area contributed by atoms with Crippen molar-refractivity contribution in [3.05, 3.63) is 220 Å². The van der Waals surface area contributed by atoms with Gasteiger partial charge in [-0.3, -0.25) is 14.7 Å².